The number of halogens is 2. The molecule has 0 aromatic rings. The minimum atomic E-state index is -1.38. The third-order valence-corrected chi connectivity index (χ3v) is 11.9. The first-order valence-electron chi connectivity index (χ1n) is 6.65. The smallest absolute Gasteiger partial charge is 0.173 e. The molecule has 5 heteroatoms. The first-order valence-corrected chi connectivity index (χ1v) is 15.9. The molecule has 0 bridgehead atoms. The maximum absolute atomic E-state index is 6.59. The molecule has 0 fully saturated rings. The zero-order chi connectivity index (χ0) is 13.4. The molecule has 0 saturated heterocycles. The Kier molecular flexibility index (Phi) is 10.8. The molecule has 0 aliphatic heterocycles. The lowest BCUT2D eigenvalue weighted by molar-refractivity contribution is 0.529. The average molecular weight is 498 g/mol. The van der Waals surface area contributed by atoms with E-state index in [1.54, 1.807) is 0 Å². The van der Waals surface area contributed by atoms with Crippen LogP contribution in [-0.4, -0.2) is 25.5 Å². The Balaban J connectivity index is 3.99. The lowest BCUT2D eigenvalue weighted by Gasteiger charge is -2.34. The zero-order valence-electron chi connectivity index (χ0n) is 11.8. The molecule has 104 valence electrons. The minimum Gasteiger partial charge on any atom is -0.455 e. The normalized spacial score (nSPS) is 13.1. The standard InChI is InChI=1S/C12H28I2OSi2/c1-16(2,11-7-5-9-13)15-17(3,4)12-8-6-10-14/h5-12H2,1-4H3. The highest BCUT2D eigenvalue weighted by atomic mass is 127. The predicted octanol–water partition coefficient (Wildman–Crippen LogP) is 5.84. The SMILES string of the molecule is C[Si](C)(CCCCI)O[Si](C)(C)CCCCI. The average Bonchev–Trinajstić information content (AvgIpc) is 2.16. The molecule has 0 N–H and O–H groups in total. The van der Waals surface area contributed by atoms with Gasteiger partial charge in [-0.3, -0.25) is 0 Å². The third-order valence-electron chi connectivity index (χ3n) is 2.88. The minimum absolute atomic E-state index is 1.29. The van der Waals surface area contributed by atoms with Crippen molar-refractivity contribution in [1.29, 1.82) is 0 Å². The van der Waals surface area contributed by atoms with Gasteiger partial charge in [0.2, 0.25) is 0 Å². The van der Waals surface area contributed by atoms with Gasteiger partial charge >= 0.3 is 0 Å². The van der Waals surface area contributed by atoms with Gasteiger partial charge in [0.25, 0.3) is 0 Å². The number of unbranched alkanes of at least 4 members (excludes halogenated alkanes) is 2. The summed E-state index contributed by atoms with van der Waals surface area (Å²) in [6.07, 6.45) is 5.44. The van der Waals surface area contributed by atoms with Crippen LogP contribution in [0.15, 0.2) is 0 Å². The maximum Gasteiger partial charge on any atom is 0.173 e. The molecule has 0 atom stereocenters. The van der Waals surface area contributed by atoms with Crippen molar-refractivity contribution in [2.45, 2.75) is 64.0 Å². The van der Waals surface area contributed by atoms with Gasteiger partial charge < -0.3 is 4.12 Å². The van der Waals surface area contributed by atoms with Gasteiger partial charge in [0.1, 0.15) is 0 Å². The summed E-state index contributed by atoms with van der Waals surface area (Å²) in [5.41, 5.74) is 0. The van der Waals surface area contributed by atoms with Crippen LogP contribution in [0.1, 0.15) is 25.7 Å². The van der Waals surface area contributed by atoms with Gasteiger partial charge in [-0.2, -0.15) is 0 Å². The monoisotopic (exact) mass is 498 g/mol. The predicted molar refractivity (Wildman–Crippen MR) is 102 cm³/mol. The number of alkyl halides is 2. The van der Waals surface area contributed by atoms with E-state index in [-0.39, 0.29) is 0 Å². The van der Waals surface area contributed by atoms with Gasteiger partial charge in [-0.1, -0.05) is 58.0 Å². The van der Waals surface area contributed by atoms with Crippen molar-refractivity contribution >= 4 is 61.8 Å². The summed E-state index contributed by atoms with van der Waals surface area (Å²) >= 11 is 4.94. The Morgan fingerprint density at radius 3 is 1.35 bits per heavy atom. The largest absolute Gasteiger partial charge is 0.455 e. The van der Waals surface area contributed by atoms with Crippen molar-refractivity contribution in [3.8, 4) is 0 Å². The third kappa shape index (κ3) is 11.4. The fraction of sp³-hybridized carbons (Fsp3) is 1.00. The number of hydrogen-bond donors (Lipinski definition) is 0. The number of hydrogen-bond acceptors (Lipinski definition) is 1. The van der Waals surface area contributed by atoms with E-state index in [2.05, 4.69) is 71.4 Å². The molecule has 0 unspecified atom stereocenters. The maximum atomic E-state index is 6.59. The molecule has 0 rings (SSSR count). The van der Waals surface area contributed by atoms with Gasteiger partial charge in [-0.15, -0.1) is 0 Å². The lowest BCUT2D eigenvalue weighted by atomic mass is 10.4. The fourth-order valence-corrected chi connectivity index (χ4v) is 12.2. The van der Waals surface area contributed by atoms with Crippen molar-refractivity contribution in [1.82, 2.24) is 0 Å². The second-order valence-corrected chi connectivity index (χ2v) is 16.9. The van der Waals surface area contributed by atoms with E-state index in [1.807, 2.05) is 0 Å². The highest BCUT2D eigenvalue weighted by Gasteiger charge is 2.31. The van der Waals surface area contributed by atoms with E-state index in [0.29, 0.717) is 0 Å². The number of rotatable bonds is 10. The van der Waals surface area contributed by atoms with Crippen molar-refractivity contribution < 1.29 is 4.12 Å². The van der Waals surface area contributed by atoms with Gasteiger partial charge in [-0.05, 0) is 60.0 Å². The Morgan fingerprint density at radius 1 is 0.706 bits per heavy atom. The van der Waals surface area contributed by atoms with Crippen molar-refractivity contribution in [3.05, 3.63) is 0 Å². The molecule has 1 nitrogen and oxygen atoms in total. The van der Waals surface area contributed by atoms with Gasteiger partial charge in [0.05, 0.1) is 0 Å². The second-order valence-electron chi connectivity index (χ2n) is 5.91. The molecule has 0 saturated carbocycles. The van der Waals surface area contributed by atoms with Crippen molar-refractivity contribution in [2.24, 2.45) is 0 Å². The molecule has 0 aromatic heterocycles. The van der Waals surface area contributed by atoms with E-state index in [0.717, 1.165) is 0 Å². The van der Waals surface area contributed by atoms with Crippen LogP contribution in [0, 0.1) is 0 Å². The second kappa shape index (κ2) is 9.71. The Morgan fingerprint density at radius 2 is 1.06 bits per heavy atom. The van der Waals surface area contributed by atoms with Crippen LogP contribution in [0.5, 0.6) is 0 Å². The van der Waals surface area contributed by atoms with Gasteiger partial charge in [0, 0.05) is 0 Å². The Bertz CT molecular complexity index is 179. The first kappa shape index (κ1) is 18.9. The van der Waals surface area contributed by atoms with E-state index < -0.39 is 16.6 Å². The fourth-order valence-electron chi connectivity index (χ4n) is 2.14. The van der Waals surface area contributed by atoms with Crippen LogP contribution in [0.3, 0.4) is 0 Å². The van der Waals surface area contributed by atoms with Crippen LogP contribution >= 0.6 is 45.2 Å². The molecule has 0 radical (unpaired) electrons. The summed E-state index contributed by atoms with van der Waals surface area (Å²) in [4.78, 5) is 0. The summed E-state index contributed by atoms with van der Waals surface area (Å²) in [6.45, 7) is 9.64. The zero-order valence-corrected chi connectivity index (χ0v) is 18.1. The molecule has 0 aromatic carbocycles. The van der Waals surface area contributed by atoms with Crippen LogP contribution in [-0.2, 0) is 4.12 Å². The molecular formula is C12H28I2OSi2. The first-order chi connectivity index (χ1) is 7.83. The highest BCUT2D eigenvalue weighted by molar-refractivity contribution is 14.1. The topological polar surface area (TPSA) is 9.23 Å². The van der Waals surface area contributed by atoms with Crippen molar-refractivity contribution in [2.75, 3.05) is 8.86 Å². The molecular weight excluding hydrogens is 470 g/mol. The van der Waals surface area contributed by atoms with E-state index >= 15 is 0 Å². The van der Waals surface area contributed by atoms with E-state index in [4.69, 9.17) is 4.12 Å². The Hall–Kier alpha value is 1.85. The van der Waals surface area contributed by atoms with E-state index in [9.17, 15) is 0 Å². The molecule has 17 heavy (non-hydrogen) atoms. The summed E-state index contributed by atoms with van der Waals surface area (Å²) < 4.78 is 9.17. The molecule has 0 spiro atoms. The molecule has 0 heterocycles. The molecule has 0 aliphatic carbocycles. The van der Waals surface area contributed by atoms with Crippen LogP contribution in [0.25, 0.3) is 0 Å². The summed E-state index contributed by atoms with van der Waals surface area (Å²) in [5, 5.41) is 0. The Labute approximate surface area is 137 Å². The summed E-state index contributed by atoms with van der Waals surface area (Å²) in [7, 11) is -2.76. The van der Waals surface area contributed by atoms with Crippen LogP contribution in [0.4, 0.5) is 0 Å². The molecule has 0 amide bonds. The van der Waals surface area contributed by atoms with Crippen LogP contribution < -0.4 is 0 Å². The van der Waals surface area contributed by atoms with Crippen molar-refractivity contribution in [3.63, 3.8) is 0 Å². The quantitative estimate of drug-likeness (QED) is 0.159. The van der Waals surface area contributed by atoms with Crippen LogP contribution in [0.2, 0.25) is 38.3 Å². The highest BCUT2D eigenvalue weighted by Crippen LogP contribution is 2.25. The van der Waals surface area contributed by atoms with Gasteiger partial charge in [-0.25, -0.2) is 0 Å². The summed E-state index contributed by atoms with van der Waals surface area (Å²) in [6, 6.07) is 2.69. The van der Waals surface area contributed by atoms with Gasteiger partial charge in [0.15, 0.2) is 16.6 Å². The summed E-state index contributed by atoms with van der Waals surface area (Å²) in [5.74, 6) is 0. The lowest BCUT2D eigenvalue weighted by Crippen LogP contribution is -2.44. The molecule has 0 aliphatic rings. The van der Waals surface area contributed by atoms with E-state index in [1.165, 1.54) is 46.6 Å².